The van der Waals surface area contributed by atoms with Gasteiger partial charge in [0.25, 0.3) is 10.1 Å². The van der Waals surface area contributed by atoms with Crippen LogP contribution in [0.2, 0.25) is 0 Å². The Hall–Kier alpha value is -0.0900. The second-order valence-electron chi connectivity index (χ2n) is 2.73. The molecule has 3 nitrogen and oxygen atoms in total. The number of hydrogen-bond acceptors (Lipinski definition) is 3. The average molecular weight is 194 g/mol. The molecule has 0 aliphatic carbocycles. The van der Waals surface area contributed by atoms with Crippen molar-refractivity contribution in [2.45, 2.75) is 39.5 Å². The van der Waals surface area contributed by atoms with Crippen LogP contribution in [0.3, 0.4) is 0 Å². The summed E-state index contributed by atoms with van der Waals surface area (Å²) in [7, 11) is -3.21. The molecule has 0 spiro atoms. The van der Waals surface area contributed by atoms with Gasteiger partial charge in [-0.3, -0.25) is 4.18 Å². The van der Waals surface area contributed by atoms with Crippen molar-refractivity contribution in [1.29, 1.82) is 0 Å². The van der Waals surface area contributed by atoms with Crippen LogP contribution in [0.5, 0.6) is 0 Å². The maximum Gasteiger partial charge on any atom is 0.267 e. The van der Waals surface area contributed by atoms with Crippen LogP contribution in [-0.2, 0) is 14.3 Å². The topological polar surface area (TPSA) is 43.4 Å². The zero-order chi connectivity index (χ0) is 9.45. The van der Waals surface area contributed by atoms with Gasteiger partial charge in [-0.25, -0.2) is 0 Å². The van der Waals surface area contributed by atoms with Gasteiger partial charge in [0.05, 0.1) is 12.4 Å². The van der Waals surface area contributed by atoms with Crippen molar-refractivity contribution in [3.8, 4) is 0 Å². The molecule has 0 unspecified atom stereocenters. The zero-order valence-corrected chi connectivity index (χ0v) is 8.69. The van der Waals surface area contributed by atoms with E-state index in [4.69, 9.17) is 4.18 Å². The standard InChI is InChI=1S/C8H18O3S/c1-3-5-6-7-8-11-12(9,10)4-2/h3-8H2,1-2H3. The SMILES string of the molecule is CCCCCCOS(=O)(=O)CC. The van der Waals surface area contributed by atoms with Crippen molar-refractivity contribution < 1.29 is 12.6 Å². The van der Waals surface area contributed by atoms with Gasteiger partial charge in [0.2, 0.25) is 0 Å². The van der Waals surface area contributed by atoms with E-state index in [2.05, 4.69) is 6.92 Å². The van der Waals surface area contributed by atoms with E-state index < -0.39 is 10.1 Å². The van der Waals surface area contributed by atoms with Gasteiger partial charge >= 0.3 is 0 Å². The highest BCUT2D eigenvalue weighted by Gasteiger charge is 2.05. The van der Waals surface area contributed by atoms with E-state index in [1.165, 1.54) is 0 Å². The van der Waals surface area contributed by atoms with Crippen molar-refractivity contribution in [1.82, 2.24) is 0 Å². The normalized spacial score (nSPS) is 11.8. The molecule has 0 heterocycles. The van der Waals surface area contributed by atoms with Crippen LogP contribution in [0.1, 0.15) is 39.5 Å². The van der Waals surface area contributed by atoms with Crippen molar-refractivity contribution in [2.75, 3.05) is 12.4 Å². The minimum Gasteiger partial charge on any atom is -0.270 e. The molecule has 12 heavy (non-hydrogen) atoms. The van der Waals surface area contributed by atoms with Crippen molar-refractivity contribution in [3.63, 3.8) is 0 Å². The lowest BCUT2D eigenvalue weighted by atomic mass is 10.2. The maximum absolute atomic E-state index is 10.8. The highest BCUT2D eigenvalue weighted by molar-refractivity contribution is 7.86. The van der Waals surface area contributed by atoms with Gasteiger partial charge < -0.3 is 0 Å². The Labute approximate surface area is 75.2 Å². The Kier molecular flexibility index (Phi) is 6.38. The van der Waals surface area contributed by atoms with E-state index in [9.17, 15) is 8.42 Å². The van der Waals surface area contributed by atoms with Crippen LogP contribution in [-0.4, -0.2) is 20.8 Å². The third-order valence-corrected chi connectivity index (χ3v) is 2.85. The summed E-state index contributed by atoms with van der Waals surface area (Å²) in [6.45, 7) is 4.04. The van der Waals surface area contributed by atoms with Gasteiger partial charge in [-0.1, -0.05) is 26.2 Å². The largest absolute Gasteiger partial charge is 0.270 e. The summed E-state index contributed by atoms with van der Waals surface area (Å²) < 4.78 is 26.3. The molecule has 0 amide bonds. The molecular weight excluding hydrogens is 176 g/mol. The molecule has 0 saturated heterocycles. The molecule has 0 rings (SSSR count). The van der Waals surface area contributed by atoms with Crippen LogP contribution in [0.15, 0.2) is 0 Å². The third-order valence-electron chi connectivity index (χ3n) is 1.61. The smallest absolute Gasteiger partial charge is 0.267 e. The molecule has 0 aromatic carbocycles. The molecule has 0 aliphatic rings. The highest BCUT2D eigenvalue weighted by atomic mass is 32.2. The second-order valence-corrected chi connectivity index (χ2v) is 4.66. The predicted molar refractivity (Wildman–Crippen MR) is 49.6 cm³/mol. The summed E-state index contributed by atoms with van der Waals surface area (Å²) in [6, 6.07) is 0. The molecule has 0 aromatic heterocycles. The van der Waals surface area contributed by atoms with E-state index in [0.29, 0.717) is 6.61 Å². The summed E-state index contributed by atoms with van der Waals surface area (Å²) in [5, 5.41) is 0. The van der Waals surface area contributed by atoms with Crippen LogP contribution in [0.25, 0.3) is 0 Å². The molecule has 0 bridgehead atoms. The summed E-state index contributed by atoms with van der Waals surface area (Å²) in [6.07, 6.45) is 4.19. The van der Waals surface area contributed by atoms with E-state index in [-0.39, 0.29) is 5.75 Å². The quantitative estimate of drug-likeness (QED) is 0.459. The first-order valence-corrected chi connectivity index (χ1v) is 6.07. The molecule has 0 aromatic rings. The van der Waals surface area contributed by atoms with Gasteiger partial charge in [-0.2, -0.15) is 8.42 Å². The second kappa shape index (κ2) is 6.43. The third kappa shape index (κ3) is 6.61. The van der Waals surface area contributed by atoms with Crippen molar-refractivity contribution in [3.05, 3.63) is 0 Å². The molecular formula is C8H18O3S. The molecule has 0 fully saturated rings. The average Bonchev–Trinajstić information content (AvgIpc) is 2.04. The van der Waals surface area contributed by atoms with Gasteiger partial charge in [-0.05, 0) is 13.3 Å². The zero-order valence-electron chi connectivity index (χ0n) is 7.88. The fourth-order valence-electron chi connectivity index (χ4n) is 0.798. The first-order valence-electron chi connectivity index (χ1n) is 4.49. The van der Waals surface area contributed by atoms with Crippen molar-refractivity contribution >= 4 is 10.1 Å². The molecule has 0 radical (unpaired) electrons. The van der Waals surface area contributed by atoms with Crippen LogP contribution in [0, 0.1) is 0 Å². The molecule has 0 aliphatic heterocycles. The Bertz CT molecular complexity index is 184. The number of hydrogen-bond donors (Lipinski definition) is 0. The lowest BCUT2D eigenvalue weighted by Crippen LogP contribution is -2.08. The van der Waals surface area contributed by atoms with Crippen LogP contribution < -0.4 is 0 Å². The molecule has 0 saturated carbocycles. The van der Waals surface area contributed by atoms with Gasteiger partial charge in [0.1, 0.15) is 0 Å². The maximum atomic E-state index is 10.8. The minimum atomic E-state index is -3.21. The summed E-state index contributed by atoms with van der Waals surface area (Å²) in [4.78, 5) is 0. The van der Waals surface area contributed by atoms with E-state index in [1.54, 1.807) is 6.92 Å². The number of unbranched alkanes of at least 4 members (excludes halogenated alkanes) is 3. The molecule has 4 heteroatoms. The van der Waals surface area contributed by atoms with Crippen LogP contribution >= 0.6 is 0 Å². The van der Waals surface area contributed by atoms with E-state index >= 15 is 0 Å². The van der Waals surface area contributed by atoms with E-state index in [1.807, 2.05) is 0 Å². The summed E-state index contributed by atoms with van der Waals surface area (Å²) in [5.74, 6) is 0.0702. The minimum absolute atomic E-state index is 0.0702. The first-order chi connectivity index (χ1) is 5.62. The van der Waals surface area contributed by atoms with E-state index in [0.717, 1.165) is 25.7 Å². The fourth-order valence-corrected chi connectivity index (χ4v) is 1.34. The van der Waals surface area contributed by atoms with Crippen molar-refractivity contribution in [2.24, 2.45) is 0 Å². The Morgan fingerprint density at radius 1 is 1.08 bits per heavy atom. The molecule has 74 valence electrons. The first kappa shape index (κ1) is 11.9. The monoisotopic (exact) mass is 194 g/mol. The Balaban J connectivity index is 3.32. The number of rotatable bonds is 7. The Morgan fingerprint density at radius 3 is 2.25 bits per heavy atom. The van der Waals surface area contributed by atoms with Crippen LogP contribution in [0.4, 0.5) is 0 Å². The predicted octanol–water partition coefficient (Wildman–Crippen LogP) is 1.93. The molecule has 0 atom stereocenters. The lowest BCUT2D eigenvalue weighted by Gasteiger charge is -2.01. The van der Waals surface area contributed by atoms with Gasteiger partial charge in [-0.15, -0.1) is 0 Å². The molecule has 0 N–H and O–H groups in total. The fraction of sp³-hybridized carbons (Fsp3) is 1.00. The summed E-state index contributed by atoms with van der Waals surface area (Å²) in [5.41, 5.74) is 0. The summed E-state index contributed by atoms with van der Waals surface area (Å²) >= 11 is 0. The van der Waals surface area contributed by atoms with Gasteiger partial charge in [0, 0.05) is 0 Å². The van der Waals surface area contributed by atoms with Gasteiger partial charge in [0.15, 0.2) is 0 Å². The Morgan fingerprint density at radius 2 is 1.75 bits per heavy atom. The highest BCUT2D eigenvalue weighted by Crippen LogP contribution is 2.01. The lowest BCUT2D eigenvalue weighted by molar-refractivity contribution is 0.307.